The van der Waals surface area contributed by atoms with Crippen molar-refractivity contribution in [1.29, 1.82) is 5.26 Å². The molecule has 5 heteroatoms. The van der Waals surface area contributed by atoms with E-state index in [1.54, 1.807) is 48.5 Å². The van der Waals surface area contributed by atoms with Gasteiger partial charge in [0.15, 0.2) is 11.7 Å². The number of rotatable bonds is 4. The summed E-state index contributed by atoms with van der Waals surface area (Å²) < 4.78 is 0. The summed E-state index contributed by atoms with van der Waals surface area (Å²) in [7, 11) is 0. The number of para-hydroxylation sites is 1. The molecule has 0 aliphatic rings. The van der Waals surface area contributed by atoms with Gasteiger partial charge in [-0.1, -0.05) is 35.9 Å². The van der Waals surface area contributed by atoms with Crippen LogP contribution in [0.15, 0.2) is 42.5 Å². The predicted octanol–water partition coefficient (Wildman–Crippen LogP) is 3.92. The molecule has 23 heavy (non-hydrogen) atoms. The zero-order valence-corrected chi connectivity index (χ0v) is 13.5. The van der Waals surface area contributed by atoms with Crippen LogP contribution in [-0.2, 0) is 4.79 Å². The number of ketones is 1. The average molecular weight is 327 g/mol. The van der Waals surface area contributed by atoms with Crippen molar-refractivity contribution in [2.24, 2.45) is 5.92 Å². The SMILES string of the molecule is Cc1ccc(C(=O)[C@@H](C#N)C(=O)Nc2ccccc2Cl)cc1C. The summed E-state index contributed by atoms with van der Waals surface area (Å²) in [6.07, 6.45) is 0. The zero-order valence-electron chi connectivity index (χ0n) is 12.8. The van der Waals surface area contributed by atoms with Crippen molar-refractivity contribution >= 4 is 29.0 Å². The molecular weight excluding hydrogens is 312 g/mol. The first kappa shape index (κ1) is 16.7. The summed E-state index contributed by atoms with van der Waals surface area (Å²) >= 11 is 5.97. The highest BCUT2D eigenvalue weighted by atomic mass is 35.5. The predicted molar refractivity (Wildman–Crippen MR) is 89.4 cm³/mol. The molecule has 0 saturated heterocycles. The van der Waals surface area contributed by atoms with Crippen LogP contribution in [0.4, 0.5) is 5.69 Å². The molecule has 0 spiro atoms. The van der Waals surface area contributed by atoms with E-state index in [-0.39, 0.29) is 0 Å². The Morgan fingerprint density at radius 1 is 1.13 bits per heavy atom. The summed E-state index contributed by atoms with van der Waals surface area (Å²) in [5.41, 5.74) is 2.68. The molecule has 116 valence electrons. The van der Waals surface area contributed by atoms with Gasteiger partial charge in [-0.25, -0.2) is 0 Å². The number of benzene rings is 2. The van der Waals surface area contributed by atoms with E-state index in [0.717, 1.165) is 11.1 Å². The van der Waals surface area contributed by atoms with Crippen LogP contribution in [0.5, 0.6) is 0 Å². The van der Waals surface area contributed by atoms with E-state index < -0.39 is 17.6 Å². The highest BCUT2D eigenvalue weighted by Crippen LogP contribution is 2.22. The Morgan fingerprint density at radius 2 is 1.83 bits per heavy atom. The molecule has 0 saturated carbocycles. The van der Waals surface area contributed by atoms with Crippen molar-refractivity contribution in [2.45, 2.75) is 13.8 Å². The van der Waals surface area contributed by atoms with E-state index in [9.17, 15) is 14.9 Å². The van der Waals surface area contributed by atoms with E-state index in [0.29, 0.717) is 16.3 Å². The quantitative estimate of drug-likeness (QED) is 0.684. The molecule has 2 rings (SSSR count). The number of nitrogens with zero attached hydrogens (tertiary/aromatic N) is 1. The molecule has 0 unspecified atom stereocenters. The number of amides is 1. The molecule has 2 aromatic rings. The van der Waals surface area contributed by atoms with Gasteiger partial charge in [0.2, 0.25) is 5.91 Å². The van der Waals surface area contributed by atoms with Crippen LogP contribution in [-0.4, -0.2) is 11.7 Å². The van der Waals surface area contributed by atoms with Gasteiger partial charge in [0.1, 0.15) is 0 Å². The van der Waals surface area contributed by atoms with E-state index in [1.165, 1.54) is 0 Å². The Balaban J connectivity index is 2.23. The van der Waals surface area contributed by atoms with Gasteiger partial charge in [-0.2, -0.15) is 5.26 Å². The number of anilines is 1. The first-order valence-electron chi connectivity index (χ1n) is 7.00. The molecule has 1 amide bonds. The number of Topliss-reactive ketones (excluding diaryl/α,β-unsaturated/α-hetero) is 1. The first-order chi connectivity index (χ1) is 10.9. The lowest BCUT2D eigenvalue weighted by molar-refractivity contribution is -0.117. The maximum absolute atomic E-state index is 12.4. The Hall–Kier alpha value is -2.64. The molecule has 1 atom stereocenters. The Morgan fingerprint density at radius 3 is 2.43 bits per heavy atom. The lowest BCUT2D eigenvalue weighted by Gasteiger charge is -2.11. The van der Waals surface area contributed by atoms with Crippen molar-refractivity contribution in [3.05, 3.63) is 64.2 Å². The molecule has 0 heterocycles. The average Bonchev–Trinajstić information content (AvgIpc) is 2.53. The minimum Gasteiger partial charge on any atom is -0.323 e. The summed E-state index contributed by atoms with van der Waals surface area (Å²) in [4.78, 5) is 24.7. The van der Waals surface area contributed by atoms with Gasteiger partial charge in [0, 0.05) is 5.56 Å². The highest BCUT2D eigenvalue weighted by Gasteiger charge is 2.28. The van der Waals surface area contributed by atoms with Gasteiger partial charge >= 0.3 is 0 Å². The van der Waals surface area contributed by atoms with E-state index in [2.05, 4.69) is 5.32 Å². The molecular formula is C18H15ClN2O2. The molecule has 1 N–H and O–H groups in total. The highest BCUT2D eigenvalue weighted by molar-refractivity contribution is 6.34. The Kier molecular flexibility index (Phi) is 5.15. The fourth-order valence-electron chi connectivity index (χ4n) is 2.07. The number of carbonyl (C=O) groups excluding carboxylic acids is 2. The summed E-state index contributed by atoms with van der Waals surface area (Å²) in [6.45, 7) is 3.80. The largest absolute Gasteiger partial charge is 0.323 e. The Bertz CT molecular complexity index is 809. The lowest BCUT2D eigenvalue weighted by atomic mass is 9.95. The monoisotopic (exact) mass is 326 g/mol. The maximum atomic E-state index is 12.4. The van der Waals surface area contributed by atoms with Gasteiger partial charge in [0.05, 0.1) is 16.8 Å². The van der Waals surface area contributed by atoms with Crippen LogP contribution in [0, 0.1) is 31.1 Å². The number of nitriles is 1. The van der Waals surface area contributed by atoms with Gasteiger partial charge in [-0.05, 0) is 43.2 Å². The van der Waals surface area contributed by atoms with Gasteiger partial charge < -0.3 is 5.32 Å². The summed E-state index contributed by atoms with van der Waals surface area (Å²) in [6, 6.07) is 13.5. The number of nitrogens with one attached hydrogen (secondary N) is 1. The van der Waals surface area contributed by atoms with Crippen molar-refractivity contribution in [3.63, 3.8) is 0 Å². The standard InChI is InChI=1S/C18H15ClN2O2/c1-11-7-8-13(9-12(11)2)17(22)14(10-20)18(23)21-16-6-4-3-5-15(16)19/h3-9,14H,1-2H3,(H,21,23)/t14-/m1/s1. The van der Waals surface area contributed by atoms with Crippen LogP contribution in [0.25, 0.3) is 0 Å². The third kappa shape index (κ3) is 3.77. The van der Waals surface area contributed by atoms with Crippen LogP contribution in [0.2, 0.25) is 5.02 Å². The molecule has 4 nitrogen and oxygen atoms in total. The second-order valence-electron chi connectivity index (χ2n) is 5.19. The maximum Gasteiger partial charge on any atom is 0.249 e. The summed E-state index contributed by atoms with van der Waals surface area (Å²) in [5, 5.41) is 12.1. The van der Waals surface area contributed by atoms with Gasteiger partial charge in [0.25, 0.3) is 0 Å². The van der Waals surface area contributed by atoms with Crippen molar-refractivity contribution in [2.75, 3.05) is 5.32 Å². The lowest BCUT2D eigenvalue weighted by Crippen LogP contribution is -2.28. The Labute approximate surface area is 139 Å². The number of aryl methyl sites for hydroxylation is 2. The topological polar surface area (TPSA) is 70.0 Å². The molecule has 0 aromatic heterocycles. The molecule has 0 aliphatic carbocycles. The van der Waals surface area contributed by atoms with Gasteiger partial charge in [-0.15, -0.1) is 0 Å². The van der Waals surface area contributed by atoms with Gasteiger partial charge in [-0.3, -0.25) is 9.59 Å². The summed E-state index contributed by atoms with van der Waals surface area (Å²) in [5.74, 6) is -2.64. The number of halogens is 1. The van der Waals surface area contributed by atoms with E-state index in [4.69, 9.17) is 11.6 Å². The van der Waals surface area contributed by atoms with E-state index in [1.807, 2.05) is 13.8 Å². The minimum absolute atomic E-state index is 0.342. The van der Waals surface area contributed by atoms with Crippen molar-refractivity contribution in [1.82, 2.24) is 0 Å². The molecule has 2 aromatic carbocycles. The van der Waals surface area contributed by atoms with Crippen LogP contribution >= 0.6 is 11.6 Å². The van der Waals surface area contributed by atoms with Crippen LogP contribution < -0.4 is 5.32 Å². The zero-order chi connectivity index (χ0) is 17.0. The van der Waals surface area contributed by atoms with E-state index >= 15 is 0 Å². The van der Waals surface area contributed by atoms with Crippen molar-refractivity contribution < 1.29 is 9.59 Å². The third-order valence-electron chi connectivity index (χ3n) is 3.58. The number of carbonyl (C=O) groups is 2. The minimum atomic E-state index is -1.42. The molecule has 0 radical (unpaired) electrons. The van der Waals surface area contributed by atoms with Crippen molar-refractivity contribution in [3.8, 4) is 6.07 Å². The normalized spacial score (nSPS) is 11.4. The molecule has 0 bridgehead atoms. The third-order valence-corrected chi connectivity index (χ3v) is 3.91. The van der Waals surface area contributed by atoms with Crippen LogP contribution in [0.3, 0.4) is 0 Å². The number of hydrogen-bond acceptors (Lipinski definition) is 3. The fraction of sp³-hybridized carbons (Fsp3) is 0.167. The number of hydrogen-bond donors (Lipinski definition) is 1. The molecule has 0 fully saturated rings. The fourth-order valence-corrected chi connectivity index (χ4v) is 2.25. The van der Waals surface area contributed by atoms with Crippen LogP contribution in [0.1, 0.15) is 21.5 Å². The second kappa shape index (κ2) is 7.08. The molecule has 0 aliphatic heterocycles. The second-order valence-corrected chi connectivity index (χ2v) is 5.60. The first-order valence-corrected chi connectivity index (χ1v) is 7.38. The smallest absolute Gasteiger partial charge is 0.249 e.